The summed E-state index contributed by atoms with van der Waals surface area (Å²) in [6, 6.07) is 2.76. The van der Waals surface area contributed by atoms with Gasteiger partial charge in [0.1, 0.15) is 11.0 Å². The summed E-state index contributed by atoms with van der Waals surface area (Å²) in [7, 11) is 0. The summed E-state index contributed by atoms with van der Waals surface area (Å²) in [4.78, 5) is 15.0. The van der Waals surface area contributed by atoms with Crippen LogP contribution in [-0.2, 0) is 0 Å². The number of aromatic nitrogens is 1. The van der Waals surface area contributed by atoms with Crippen LogP contribution < -0.4 is 5.32 Å². The van der Waals surface area contributed by atoms with E-state index in [1.807, 2.05) is 0 Å². The van der Waals surface area contributed by atoms with Gasteiger partial charge in [0, 0.05) is 12.0 Å². The van der Waals surface area contributed by atoms with Crippen LogP contribution in [0.25, 0.3) is 0 Å². The Kier molecular flexibility index (Phi) is 4.27. The monoisotopic (exact) mass is 284 g/mol. The smallest absolute Gasteiger partial charge is 0.335 e. The number of nitrogens with zero attached hydrogens (tertiary/aromatic N) is 1. The zero-order chi connectivity index (χ0) is 13.9. The highest BCUT2D eigenvalue weighted by Gasteiger charge is 2.33. The second-order valence-corrected chi connectivity index (χ2v) is 5.47. The Morgan fingerprint density at radius 1 is 1.42 bits per heavy atom. The van der Waals surface area contributed by atoms with Gasteiger partial charge in [-0.25, -0.2) is 9.78 Å². The van der Waals surface area contributed by atoms with Crippen LogP contribution >= 0.6 is 11.6 Å². The number of rotatable bonds is 5. The normalized spacial score (nSPS) is 17.4. The van der Waals surface area contributed by atoms with Crippen molar-refractivity contribution in [2.24, 2.45) is 5.41 Å². The third-order valence-corrected chi connectivity index (χ3v) is 3.88. The number of anilines is 1. The van der Waals surface area contributed by atoms with Crippen molar-refractivity contribution in [1.29, 1.82) is 0 Å². The minimum absolute atomic E-state index is 0.104. The molecule has 0 atom stereocenters. The Bertz CT molecular complexity index is 473. The van der Waals surface area contributed by atoms with Crippen LogP contribution in [0.4, 0.5) is 5.82 Å². The molecule has 1 heterocycles. The van der Waals surface area contributed by atoms with E-state index in [9.17, 15) is 9.90 Å². The summed E-state index contributed by atoms with van der Waals surface area (Å²) in [5.74, 6) is -0.602. The highest BCUT2D eigenvalue weighted by atomic mass is 35.5. The van der Waals surface area contributed by atoms with Gasteiger partial charge in [-0.1, -0.05) is 24.4 Å². The quantitative estimate of drug-likeness (QED) is 0.723. The molecule has 1 saturated carbocycles. The van der Waals surface area contributed by atoms with Crippen molar-refractivity contribution in [3.05, 3.63) is 22.8 Å². The van der Waals surface area contributed by atoms with Crippen LogP contribution in [0.5, 0.6) is 0 Å². The molecule has 1 fully saturated rings. The van der Waals surface area contributed by atoms with Crippen LogP contribution in [-0.4, -0.2) is 34.3 Å². The van der Waals surface area contributed by atoms with Gasteiger partial charge < -0.3 is 15.5 Å². The van der Waals surface area contributed by atoms with Crippen molar-refractivity contribution in [1.82, 2.24) is 4.98 Å². The summed E-state index contributed by atoms with van der Waals surface area (Å²) in [6.07, 6.45) is 4.18. The van der Waals surface area contributed by atoms with Crippen molar-refractivity contribution in [2.45, 2.75) is 25.7 Å². The molecular formula is C13H17ClN2O3. The fourth-order valence-electron chi connectivity index (χ4n) is 2.50. The number of hydrogen-bond donors (Lipinski definition) is 3. The van der Waals surface area contributed by atoms with E-state index in [-0.39, 0.29) is 22.7 Å². The molecule has 1 aliphatic rings. The average Bonchev–Trinajstić information content (AvgIpc) is 2.85. The molecule has 1 aliphatic carbocycles. The first kappa shape index (κ1) is 14.1. The lowest BCUT2D eigenvalue weighted by atomic mass is 9.87. The molecule has 0 amide bonds. The number of aliphatic hydroxyl groups is 1. The lowest BCUT2D eigenvalue weighted by Crippen LogP contribution is -2.30. The summed E-state index contributed by atoms with van der Waals surface area (Å²) in [5.41, 5.74) is -0.0140. The maximum absolute atomic E-state index is 10.9. The molecule has 104 valence electrons. The van der Waals surface area contributed by atoms with Gasteiger partial charge in [0.25, 0.3) is 0 Å². The molecule has 2 rings (SSSR count). The summed E-state index contributed by atoms with van der Waals surface area (Å²) in [6.45, 7) is 0.711. The van der Waals surface area contributed by atoms with Gasteiger partial charge in [-0.3, -0.25) is 0 Å². The molecule has 0 unspecified atom stereocenters. The maximum atomic E-state index is 10.9. The Morgan fingerprint density at radius 3 is 2.68 bits per heavy atom. The summed E-state index contributed by atoms with van der Waals surface area (Å²) >= 11 is 5.79. The van der Waals surface area contributed by atoms with E-state index in [4.69, 9.17) is 16.7 Å². The van der Waals surface area contributed by atoms with Gasteiger partial charge in [0.15, 0.2) is 0 Å². The van der Waals surface area contributed by atoms with Gasteiger partial charge in [-0.15, -0.1) is 0 Å². The first-order valence-electron chi connectivity index (χ1n) is 6.30. The average molecular weight is 285 g/mol. The number of pyridine rings is 1. The van der Waals surface area contributed by atoms with E-state index in [2.05, 4.69) is 10.3 Å². The summed E-state index contributed by atoms with van der Waals surface area (Å²) in [5, 5.41) is 21.7. The lowest BCUT2D eigenvalue weighted by Gasteiger charge is -2.26. The number of carboxylic acid groups (broad SMARTS) is 1. The molecule has 0 radical (unpaired) electrons. The van der Waals surface area contributed by atoms with E-state index in [0.717, 1.165) is 25.7 Å². The first-order chi connectivity index (χ1) is 9.04. The SMILES string of the molecule is O=C(O)c1cc(Cl)nc(NCC2(CO)CCCC2)c1. The molecular weight excluding hydrogens is 268 g/mol. The maximum Gasteiger partial charge on any atom is 0.335 e. The van der Waals surface area contributed by atoms with E-state index >= 15 is 0 Å². The van der Waals surface area contributed by atoms with Gasteiger partial charge in [-0.2, -0.15) is 0 Å². The second-order valence-electron chi connectivity index (χ2n) is 5.09. The van der Waals surface area contributed by atoms with Crippen LogP contribution in [0.1, 0.15) is 36.0 Å². The molecule has 0 aromatic carbocycles. The van der Waals surface area contributed by atoms with Crippen molar-refractivity contribution in [3.8, 4) is 0 Å². The van der Waals surface area contributed by atoms with Crippen LogP contribution in [0.15, 0.2) is 12.1 Å². The number of hydrogen-bond acceptors (Lipinski definition) is 4. The van der Waals surface area contributed by atoms with Crippen molar-refractivity contribution >= 4 is 23.4 Å². The Hall–Kier alpha value is -1.33. The van der Waals surface area contributed by atoms with Crippen molar-refractivity contribution < 1.29 is 15.0 Å². The number of nitrogens with one attached hydrogen (secondary N) is 1. The number of halogens is 1. The second kappa shape index (κ2) is 5.75. The molecule has 0 aliphatic heterocycles. The van der Waals surface area contributed by atoms with E-state index in [1.54, 1.807) is 0 Å². The minimum atomic E-state index is -1.04. The lowest BCUT2D eigenvalue weighted by molar-refractivity contribution is 0.0697. The number of aliphatic hydroxyl groups excluding tert-OH is 1. The van der Waals surface area contributed by atoms with Gasteiger partial charge in [0.05, 0.1) is 12.2 Å². The number of aromatic carboxylic acids is 1. The number of carbonyl (C=O) groups is 1. The first-order valence-corrected chi connectivity index (χ1v) is 6.68. The predicted molar refractivity (Wildman–Crippen MR) is 72.7 cm³/mol. The Labute approximate surface area is 116 Å². The highest BCUT2D eigenvalue weighted by molar-refractivity contribution is 6.29. The molecule has 1 aromatic heterocycles. The standard InChI is InChI=1S/C13H17ClN2O3/c14-10-5-9(12(18)19)6-11(16-10)15-7-13(8-17)3-1-2-4-13/h5-6,17H,1-4,7-8H2,(H,15,16)(H,18,19). The van der Waals surface area contributed by atoms with Crippen LogP contribution in [0.2, 0.25) is 5.15 Å². The van der Waals surface area contributed by atoms with Gasteiger partial charge in [-0.05, 0) is 25.0 Å². The fourth-order valence-corrected chi connectivity index (χ4v) is 2.71. The Morgan fingerprint density at radius 2 is 2.11 bits per heavy atom. The molecule has 0 bridgehead atoms. The largest absolute Gasteiger partial charge is 0.478 e. The van der Waals surface area contributed by atoms with E-state index in [1.165, 1.54) is 12.1 Å². The molecule has 6 heteroatoms. The fraction of sp³-hybridized carbons (Fsp3) is 0.538. The zero-order valence-electron chi connectivity index (χ0n) is 10.5. The highest BCUT2D eigenvalue weighted by Crippen LogP contribution is 2.37. The topological polar surface area (TPSA) is 82.5 Å². The van der Waals surface area contributed by atoms with Crippen LogP contribution in [0.3, 0.4) is 0 Å². The number of carboxylic acids is 1. The predicted octanol–water partition coefficient (Wildman–Crippen LogP) is 2.40. The molecule has 0 saturated heterocycles. The molecule has 3 N–H and O–H groups in total. The Balaban J connectivity index is 2.08. The minimum Gasteiger partial charge on any atom is -0.478 e. The third-order valence-electron chi connectivity index (χ3n) is 3.69. The van der Waals surface area contributed by atoms with Crippen LogP contribution in [0, 0.1) is 5.41 Å². The van der Waals surface area contributed by atoms with E-state index in [0.29, 0.717) is 12.4 Å². The van der Waals surface area contributed by atoms with Crippen molar-refractivity contribution in [3.63, 3.8) is 0 Å². The third kappa shape index (κ3) is 3.36. The molecule has 5 nitrogen and oxygen atoms in total. The molecule has 1 aromatic rings. The van der Waals surface area contributed by atoms with E-state index < -0.39 is 5.97 Å². The van der Waals surface area contributed by atoms with Crippen molar-refractivity contribution in [2.75, 3.05) is 18.5 Å². The summed E-state index contributed by atoms with van der Waals surface area (Å²) < 4.78 is 0. The zero-order valence-corrected chi connectivity index (χ0v) is 11.3. The van der Waals surface area contributed by atoms with Gasteiger partial charge in [0.2, 0.25) is 0 Å². The molecule has 0 spiro atoms. The van der Waals surface area contributed by atoms with Gasteiger partial charge >= 0.3 is 5.97 Å². The molecule has 19 heavy (non-hydrogen) atoms.